The molecule has 0 fully saturated rings. The topological polar surface area (TPSA) is 50.8 Å². The smallest absolute Gasteiger partial charge is 0.340 e. The predicted octanol–water partition coefficient (Wildman–Crippen LogP) is 8.66. The number of anilines is 3. The van der Waals surface area contributed by atoms with Crippen molar-refractivity contribution in [2.45, 2.75) is 58.0 Å². The molecular weight excluding hydrogens is 508 g/mol. The van der Waals surface area contributed by atoms with Crippen LogP contribution in [0.1, 0.15) is 79.7 Å². The second kappa shape index (κ2) is 9.13. The third-order valence-electron chi connectivity index (χ3n) is 8.14. The molecular formula is C36H38N2O3. The summed E-state index contributed by atoms with van der Waals surface area (Å²) in [5, 5.41) is 3.53. The molecule has 210 valence electrons. The number of nitrogens with one attached hydrogen (secondary N) is 1. The summed E-state index contributed by atoms with van der Waals surface area (Å²) in [4.78, 5) is 15.6. The van der Waals surface area contributed by atoms with Gasteiger partial charge in [-0.3, -0.25) is 0 Å². The Bertz CT molecular complexity index is 1670. The van der Waals surface area contributed by atoms with E-state index in [1.165, 1.54) is 0 Å². The highest BCUT2D eigenvalue weighted by Crippen LogP contribution is 2.60. The van der Waals surface area contributed by atoms with Gasteiger partial charge in [0, 0.05) is 53.9 Å². The summed E-state index contributed by atoms with van der Waals surface area (Å²) < 4.78 is 13.5. The van der Waals surface area contributed by atoms with Gasteiger partial charge in [0.05, 0.1) is 11.1 Å². The number of fused-ring (bicyclic) bond motifs is 6. The first-order valence-corrected chi connectivity index (χ1v) is 14.2. The number of nitrogens with zero attached hydrogens (tertiary/aromatic N) is 1. The van der Waals surface area contributed by atoms with Crippen molar-refractivity contribution in [1.29, 1.82) is 0 Å². The molecule has 41 heavy (non-hydrogen) atoms. The fourth-order valence-electron chi connectivity index (χ4n) is 6.09. The average Bonchev–Trinajstić information content (AvgIpc) is 3.20. The van der Waals surface area contributed by atoms with Gasteiger partial charge in [-0.2, -0.15) is 0 Å². The third kappa shape index (κ3) is 4.26. The first-order chi connectivity index (χ1) is 19.3. The summed E-state index contributed by atoms with van der Waals surface area (Å²) in [6.45, 7) is 13.2. The van der Waals surface area contributed by atoms with Crippen LogP contribution in [0, 0.1) is 0 Å². The molecule has 1 unspecified atom stereocenters. The lowest BCUT2D eigenvalue weighted by Gasteiger charge is -2.42. The van der Waals surface area contributed by atoms with Crippen LogP contribution in [0.5, 0.6) is 11.5 Å². The van der Waals surface area contributed by atoms with Gasteiger partial charge in [-0.15, -0.1) is 0 Å². The lowest BCUT2D eigenvalue weighted by atomic mass is 9.69. The van der Waals surface area contributed by atoms with E-state index in [-0.39, 0.29) is 16.8 Å². The molecule has 0 aliphatic carbocycles. The number of benzene rings is 4. The van der Waals surface area contributed by atoms with Gasteiger partial charge < -0.3 is 19.7 Å². The van der Waals surface area contributed by atoms with Gasteiger partial charge in [-0.05, 0) is 58.9 Å². The minimum absolute atomic E-state index is 0.203. The Morgan fingerprint density at radius 1 is 0.732 bits per heavy atom. The molecule has 0 saturated carbocycles. The van der Waals surface area contributed by atoms with Gasteiger partial charge in [0.15, 0.2) is 5.60 Å². The Morgan fingerprint density at radius 3 is 2.02 bits per heavy atom. The Labute approximate surface area is 243 Å². The van der Waals surface area contributed by atoms with Gasteiger partial charge in [-0.1, -0.05) is 71.9 Å². The van der Waals surface area contributed by atoms with E-state index < -0.39 is 5.60 Å². The zero-order valence-corrected chi connectivity index (χ0v) is 25.2. The molecule has 1 atom stereocenters. The van der Waals surface area contributed by atoms with Gasteiger partial charge in [-0.25, -0.2) is 4.79 Å². The molecule has 2 aliphatic heterocycles. The summed E-state index contributed by atoms with van der Waals surface area (Å²) in [6.07, 6.45) is 0. The number of esters is 1. The monoisotopic (exact) mass is 546 g/mol. The Balaban J connectivity index is 1.60. The summed E-state index contributed by atoms with van der Waals surface area (Å²) >= 11 is 0. The molecule has 1 N–H and O–H groups in total. The highest BCUT2D eigenvalue weighted by atomic mass is 16.6. The molecule has 0 saturated heterocycles. The van der Waals surface area contributed by atoms with Crippen molar-refractivity contribution in [3.05, 3.63) is 112 Å². The van der Waals surface area contributed by atoms with Crippen molar-refractivity contribution in [3.63, 3.8) is 0 Å². The van der Waals surface area contributed by atoms with Crippen LogP contribution in [0.3, 0.4) is 0 Å². The highest BCUT2D eigenvalue weighted by molar-refractivity contribution is 5.97. The molecule has 5 heteroatoms. The molecule has 4 aromatic rings. The quantitative estimate of drug-likeness (QED) is 0.261. The van der Waals surface area contributed by atoms with E-state index in [1.54, 1.807) is 0 Å². The highest BCUT2D eigenvalue weighted by Gasteiger charge is 2.56. The molecule has 0 radical (unpaired) electrons. The van der Waals surface area contributed by atoms with E-state index in [0.717, 1.165) is 50.6 Å². The second-order valence-corrected chi connectivity index (χ2v) is 13.4. The van der Waals surface area contributed by atoms with Crippen molar-refractivity contribution in [2.24, 2.45) is 0 Å². The molecule has 0 bridgehead atoms. The Morgan fingerprint density at radius 2 is 1.37 bits per heavy atom. The average molecular weight is 547 g/mol. The summed E-state index contributed by atoms with van der Waals surface area (Å²) in [5.74, 6) is 1.13. The molecule has 0 amide bonds. The minimum atomic E-state index is -1.12. The van der Waals surface area contributed by atoms with Crippen LogP contribution < -0.4 is 15.0 Å². The van der Waals surface area contributed by atoms with Crippen molar-refractivity contribution >= 4 is 23.0 Å². The number of hydrogen-bond donors (Lipinski definition) is 1. The normalized spacial score (nSPS) is 17.3. The van der Waals surface area contributed by atoms with Gasteiger partial charge in [0.2, 0.25) is 0 Å². The standard InChI is InChI=1S/C36H38N2O3/c1-34(2,3)28-19-20-29(35(4,5)6)32-31(28)36(26-12-10-9-11-25(26)33(39)41-36)27-18-15-23(21-30(27)40-32)37-22-13-16-24(17-14-22)38(7)8/h9-21,37H,1-8H3. The lowest BCUT2D eigenvalue weighted by Crippen LogP contribution is -2.37. The SMILES string of the molecule is CN(C)c1ccc(Nc2ccc3c(c2)Oc2c(C(C)(C)C)ccc(C(C)(C)C)c2C32OC(=O)c3ccccc32)cc1. The maximum absolute atomic E-state index is 13.5. The zero-order valence-electron chi connectivity index (χ0n) is 25.2. The molecule has 2 heterocycles. The fourth-order valence-corrected chi connectivity index (χ4v) is 6.09. The molecule has 0 aromatic heterocycles. The number of carbonyl (C=O) groups excluding carboxylic acids is 1. The Kier molecular flexibility index (Phi) is 6.00. The first-order valence-electron chi connectivity index (χ1n) is 14.2. The van der Waals surface area contributed by atoms with Crippen LogP contribution >= 0.6 is 0 Å². The fraction of sp³-hybridized carbons (Fsp3) is 0.306. The van der Waals surface area contributed by atoms with E-state index in [1.807, 2.05) is 56.6 Å². The van der Waals surface area contributed by atoms with Crippen LogP contribution in [-0.2, 0) is 21.2 Å². The van der Waals surface area contributed by atoms with Gasteiger partial charge >= 0.3 is 5.97 Å². The summed E-state index contributed by atoms with van der Waals surface area (Å²) in [7, 11) is 4.06. The first kappa shape index (κ1) is 26.9. The van der Waals surface area contributed by atoms with Crippen LogP contribution in [0.4, 0.5) is 17.1 Å². The Hall–Kier alpha value is -4.25. The lowest BCUT2D eigenvalue weighted by molar-refractivity contribution is 0.0217. The number of hydrogen-bond acceptors (Lipinski definition) is 5. The summed E-state index contributed by atoms with van der Waals surface area (Å²) in [5.41, 5.74) is 6.82. The van der Waals surface area contributed by atoms with E-state index in [2.05, 4.69) is 88.2 Å². The van der Waals surface area contributed by atoms with E-state index in [9.17, 15) is 4.79 Å². The third-order valence-corrected chi connectivity index (χ3v) is 8.14. The predicted molar refractivity (Wildman–Crippen MR) is 166 cm³/mol. The summed E-state index contributed by atoms with van der Waals surface area (Å²) in [6, 6.07) is 26.5. The molecule has 5 nitrogen and oxygen atoms in total. The molecule has 2 aliphatic rings. The maximum Gasteiger partial charge on any atom is 0.340 e. The van der Waals surface area contributed by atoms with E-state index >= 15 is 0 Å². The molecule has 6 rings (SSSR count). The van der Waals surface area contributed by atoms with Crippen molar-refractivity contribution in [3.8, 4) is 11.5 Å². The minimum Gasteiger partial charge on any atom is -0.456 e. The van der Waals surface area contributed by atoms with Crippen molar-refractivity contribution < 1.29 is 14.3 Å². The van der Waals surface area contributed by atoms with Gasteiger partial charge in [0.1, 0.15) is 11.5 Å². The maximum atomic E-state index is 13.5. The van der Waals surface area contributed by atoms with Crippen LogP contribution in [0.25, 0.3) is 0 Å². The van der Waals surface area contributed by atoms with E-state index in [4.69, 9.17) is 9.47 Å². The van der Waals surface area contributed by atoms with Gasteiger partial charge in [0.25, 0.3) is 0 Å². The van der Waals surface area contributed by atoms with Crippen LogP contribution in [0.2, 0.25) is 0 Å². The number of ether oxygens (including phenoxy) is 2. The number of rotatable bonds is 3. The van der Waals surface area contributed by atoms with Crippen molar-refractivity contribution in [2.75, 3.05) is 24.3 Å². The van der Waals surface area contributed by atoms with Crippen molar-refractivity contribution in [1.82, 2.24) is 0 Å². The van der Waals surface area contributed by atoms with E-state index in [0.29, 0.717) is 11.3 Å². The number of carbonyl (C=O) groups is 1. The van der Waals surface area contributed by atoms with Crippen LogP contribution in [0.15, 0.2) is 78.9 Å². The largest absolute Gasteiger partial charge is 0.456 e. The zero-order chi connectivity index (χ0) is 29.3. The van der Waals surface area contributed by atoms with Crippen LogP contribution in [-0.4, -0.2) is 20.1 Å². The molecule has 1 spiro atoms. The second-order valence-electron chi connectivity index (χ2n) is 13.4. The molecule has 4 aromatic carbocycles.